The molecule has 0 heterocycles. The molecule has 240 valence electrons. The molecule has 0 saturated carbocycles. The maximum Gasteiger partial charge on any atom is 0.306 e. The number of carbonyl (C=O) groups is 1. The summed E-state index contributed by atoms with van der Waals surface area (Å²) in [7, 11) is 0. The van der Waals surface area contributed by atoms with E-state index in [0.29, 0.717) is 13.0 Å². The lowest BCUT2D eigenvalue weighted by Gasteiger charge is -2.15. The number of carbonyl (C=O) groups excluding carboxylic acids is 1. The molecule has 2 atom stereocenters. The maximum atomic E-state index is 12.0. The molecule has 0 unspecified atom stereocenters. The second kappa shape index (κ2) is 30.4. The molecule has 0 aliphatic heterocycles. The molecule has 0 amide bonds. The zero-order valence-corrected chi connectivity index (χ0v) is 28.6. The molecule has 0 fully saturated rings. The fourth-order valence-corrected chi connectivity index (χ4v) is 4.89. The van der Waals surface area contributed by atoms with Crippen LogP contribution in [-0.4, -0.2) is 12.6 Å². The number of hydrogen-bond donors (Lipinski definition) is 0. The monoisotopic (exact) mass is 581 g/mol. The summed E-state index contributed by atoms with van der Waals surface area (Å²) in [6.07, 6.45) is 43.4. The predicted molar refractivity (Wildman–Crippen MR) is 188 cm³/mol. The predicted octanol–water partition coefficient (Wildman–Crippen LogP) is 12.8. The molecule has 0 rings (SSSR count). The minimum Gasteiger partial charge on any atom is -0.461 e. The topological polar surface area (TPSA) is 26.3 Å². The van der Waals surface area contributed by atoms with Gasteiger partial charge in [0.15, 0.2) is 0 Å². The van der Waals surface area contributed by atoms with Crippen molar-refractivity contribution in [1.29, 1.82) is 0 Å². The summed E-state index contributed by atoms with van der Waals surface area (Å²) in [5.41, 5.74) is 1.34. The lowest BCUT2D eigenvalue weighted by atomic mass is 9.91. The Kier molecular flexibility index (Phi) is 28.9. The van der Waals surface area contributed by atoms with Gasteiger partial charge in [0.05, 0.1) is 0 Å². The van der Waals surface area contributed by atoms with Gasteiger partial charge in [-0.1, -0.05) is 146 Å². The Labute approximate surface area is 262 Å². The van der Waals surface area contributed by atoms with E-state index in [1.165, 1.54) is 56.9 Å². The van der Waals surface area contributed by atoms with Crippen LogP contribution in [0.25, 0.3) is 0 Å². The third-order valence-corrected chi connectivity index (χ3v) is 7.73. The fourth-order valence-electron chi connectivity index (χ4n) is 4.89. The summed E-state index contributed by atoms with van der Waals surface area (Å²) in [4.78, 5) is 12.0. The highest BCUT2D eigenvalue weighted by Gasteiger charge is 2.07. The molecule has 0 aromatic heterocycles. The summed E-state index contributed by atoms with van der Waals surface area (Å²) in [6.45, 7) is 14.2. The quantitative estimate of drug-likeness (QED) is 0.0548. The van der Waals surface area contributed by atoms with Crippen LogP contribution in [0, 0.1) is 17.8 Å². The molecule has 0 saturated heterocycles. The molecule has 0 aliphatic rings. The fraction of sp³-hybridized carbons (Fsp3) is 0.675. The minimum atomic E-state index is -0.0848. The largest absolute Gasteiger partial charge is 0.461 e. The van der Waals surface area contributed by atoms with Gasteiger partial charge in [0.25, 0.3) is 0 Å². The number of allylic oxidation sites excluding steroid dienone is 11. The molecule has 2 nitrogen and oxygen atoms in total. The van der Waals surface area contributed by atoms with E-state index in [1.807, 2.05) is 0 Å². The average Bonchev–Trinajstić information content (AvgIpc) is 2.94. The number of esters is 1. The zero-order valence-electron chi connectivity index (χ0n) is 28.6. The van der Waals surface area contributed by atoms with Crippen LogP contribution in [0.5, 0.6) is 0 Å². The zero-order chi connectivity index (χ0) is 31.1. The first-order valence-electron chi connectivity index (χ1n) is 17.4. The van der Waals surface area contributed by atoms with Gasteiger partial charge in [0.2, 0.25) is 0 Å². The van der Waals surface area contributed by atoms with Gasteiger partial charge < -0.3 is 4.74 Å². The SMILES string of the molecule is CCC=CCC=CCC=CCC=CCC=CCCCC(=O)OCC=C(C)CCC[C@H](C)CCC[C@H](C)CCCC(C)C. The van der Waals surface area contributed by atoms with E-state index in [4.69, 9.17) is 4.74 Å². The summed E-state index contributed by atoms with van der Waals surface area (Å²) in [5, 5.41) is 0. The first-order chi connectivity index (χ1) is 20.3. The summed E-state index contributed by atoms with van der Waals surface area (Å²) < 4.78 is 5.42. The van der Waals surface area contributed by atoms with Crippen LogP contribution in [0.3, 0.4) is 0 Å². The minimum absolute atomic E-state index is 0.0848. The highest BCUT2D eigenvalue weighted by atomic mass is 16.5. The maximum absolute atomic E-state index is 12.0. The summed E-state index contributed by atoms with van der Waals surface area (Å²) in [6, 6.07) is 0. The Morgan fingerprint density at radius 3 is 1.60 bits per heavy atom. The highest BCUT2D eigenvalue weighted by molar-refractivity contribution is 5.69. The van der Waals surface area contributed by atoms with E-state index in [-0.39, 0.29) is 5.97 Å². The van der Waals surface area contributed by atoms with E-state index < -0.39 is 0 Å². The van der Waals surface area contributed by atoms with Crippen molar-refractivity contribution in [3.8, 4) is 0 Å². The van der Waals surface area contributed by atoms with Gasteiger partial charge in [-0.3, -0.25) is 4.79 Å². The number of unbranched alkanes of at least 4 members (excludes halogenated alkanes) is 1. The van der Waals surface area contributed by atoms with Gasteiger partial charge >= 0.3 is 5.97 Å². The Morgan fingerprint density at radius 2 is 1.07 bits per heavy atom. The lowest BCUT2D eigenvalue weighted by molar-refractivity contribution is -0.142. The molecule has 0 aromatic carbocycles. The molecule has 0 aromatic rings. The van der Waals surface area contributed by atoms with Crippen LogP contribution in [0.15, 0.2) is 72.4 Å². The second-order valence-electron chi connectivity index (χ2n) is 12.7. The van der Waals surface area contributed by atoms with Gasteiger partial charge in [-0.2, -0.15) is 0 Å². The van der Waals surface area contributed by atoms with Gasteiger partial charge in [0.1, 0.15) is 6.61 Å². The smallest absolute Gasteiger partial charge is 0.306 e. The van der Waals surface area contributed by atoms with Crippen LogP contribution < -0.4 is 0 Å². The lowest BCUT2D eigenvalue weighted by Crippen LogP contribution is -2.04. The standard InChI is InChI=1S/C40H68O2/c1-7-8-9-10-11-12-13-14-15-16-17-18-19-20-21-22-23-33-40(41)42-35-34-39(6)32-26-31-38(5)30-25-29-37(4)28-24-27-36(2)3/h8-9,11-12,14-15,17-18,20-21,34,36-38H,7,10,13,16,19,22-33,35H2,1-6H3/t37-,38-/m1/s1. The molecule has 0 radical (unpaired) electrons. The number of hydrogen-bond acceptors (Lipinski definition) is 2. The van der Waals surface area contributed by atoms with Crippen LogP contribution in [0.1, 0.15) is 151 Å². The molecule has 2 heteroatoms. The van der Waals surface area contributed by atoms with Crippen molar-refractivity contribution in [2.24, 2.45) is 17.8 Å². The summed E-state index contributed by atoms with van der Waals surface area (Å²) >= 11 is 0. The molecule has 0 bridgehead atoms. The van der Waals surface area contributed by atoms with Crippen LogP contribution >= 0.6 is 0 Å². The van der Waals surface area contributed by atoms with E-state index >= 15 is 0 Å². The van der Waals surface area contributed by atoms with Crippen molar-refractivity contribution in [1.82, 2.24) is 0 Å². The van der Waals surface area contributed by atoms with Crippen molar-refractivity contribution in [3.05, 3.63) is 72.4 Å². The van der Waals surface area contributed by atoms with Crippen LogP contribution in [-0.2, 0) is 9.53 Å². The average molecular weight is 581 g/mol. The van der Waals surface area contributed by atoms with E-state index in [9.17, 15) is 4.79 Å². The number of rotatable bonds is 27. The molecular formula is C40H68O2. The molecule has 42 heavy (non-hydrogen) atoms. The van der Waals surface area contributed by atoms with E-state index in [1.54, 1.807) is 0 Å². The van der Waals surface area contributed by atoms with Gasteiger partial charge in [-0.25, -0.2) is 0 Å². The van der Waals surface area contributed by atoms with Gasteiger partial charge in [-0.15, -0.1) is 0 Å². The van der Waals surface area contributed by atoms with E-state index in [0.717, 1.165) is 69.1 Å². The number of ether oxygens (including phenoxy) is 1. The third kappa shape index (κ3) is 30.9. The second-order valence-corrected chi connectivity index (χ2v) is 12.7. The molecule has 0 spiro atoms. The Hall–Kier alpha value is -2.09. The Balaban J connectivity index is 3.72. The van der Waals surface area contributed by atoms with Gasteiger partial charge in [0, 0.05) is 6.42 Å². The van der Waals surface area contributed by atoms with Gasteiger partial charge in [-0.05, 0) is 88.5 Å². The van der Waals surface area contributed by atoms with Crippen LogP contribution in [0.4, 0.5) is 0 Å². The van der Waals surface area contributed by atoms with Crippen molar-refractivity contribution in [2.45, 2.75) is 151 Å². The Bertz CT molecular complexity index is 792. The van der Waals surface area contributed by atoms with Crippen LogP contribution in [0.2, 0.25) is 0 Å². The van der Waals surface area contributed by atoms with E-state index in [2.05, 4.69) is 108 Å². The molecule has 0 aliphatic carbocycles. The first kappa shape index (κ1) is 39.9. The first-order valence-corrected chi connectivity index (χ1v) is 17.4. The highest BCUT2D eigenvalue weighted by Crippen LogP contribution is 2.22. The third-order valence-electron chi connectivity index (χ3n) is 7.73. The normalized spacial score (nSPS) is 14.5. The Morgan fingerprint density at radius 1 is 0.595 bits per heavy atom. The van der Waals surface area contributed by atoms with Crippen molar-refractivity contribution < 1.29 is 9.53 Å². The summed E-state index contributed by atoms with van der Waals surface area (Å²) in [5.74, 6) is 2.44. The van der Waals surface area contributed by atoms with Crippen molar-refractivity contribution in [2.75, 3.05) is 6.61 Å². The molecule has 0 N–H and O–H groups in total. The van der Waals surface area contributed by atoms with Crippen molar-refractivity contribution >= 4 is 5.97 Å². The molecular weight excluding hydrogens is 512 g/mol. The van der Waals surface area contributed by atoms with Crippen molar-refractivity contribution in [3.63, 3.8) is 0 Å².